The molecule has 0 fully saturated rings. The van der Waals surface area contributed by atoms with E-state index in [1.807, 2.05) is 0 Å². The highest BCUT2D eigenvalue weighted by Gasteiger charge is 2.09. The molecular formula is C9H6ClN3O2S. The number of hydrogen-bond donors (Lipinski definition) is 2. The van der Waals surface area contributed by atoms with E-state index in [4.69, 9.17) is 11.6 Å². The fraction of sp³-hybridized carbons (Fsp3) is 0. The van der Waals surface area contributed by atoms with E-state index in [0.717, 1.165) is 11.5 Å². The maximum absolute atomic E-state index is 11.6. The average molecular weight is 256 g/mol. The molecule has 2 rings (SSSR count). The van der Waals surface area contributed by atoms with Crippen LogP contribution in [0.25, 0.3) is 0 Å². The van der Waals surface area contributed by atoms with Crippen molar-refractivity contribution in [2.24, 2.45) is 0 Å². The maximum Gasteiger partial charge on any atom is 0.269 e. The number of halogens is 1. The SMILES string of the molecule is O=C(Nc1ccc(Cl)c(O)c1)c1cnns1. The summed E-state index contributed by atoms with van der Waals surface area (Å²) in [7, 11) is 0. The highest BCUT2D eigenvalue weighted by atomic mass is 35.5. The second-order valence-electron chi connectivity index (χ2n) is 2.90. The molecule has 0 radical (unpaired) electrons. The van der Waals surface area contributed by atoms with Crippen LogP contribution >= 0.6 is 23.1 Å². The van der Waals surface area contributed by atoms with Crippen LogP contribution in [-0.4, -0.2) is 20.6 Å². The van der Waals surface area contributed by atoms with Crippen LogP contribution in [0.1, 0.15) is 9.67 Å². The van der Waals surface area contributed by atoms with Crippen LogP contribution in [0, 0.1) is 0 Å². The summed E-state index contributed by atoms with van der Waals surface area (Å²) >= 11 is 6.63. The van der Waals surface area contributed by atoms with E-state index in [0.29, 0.717) is 10.6 Å². The van der Waals surface area contributed by atoms with Crippen molar-refractivity contribution >= 4 is 34.7 Å². The molecule has 7 heteroatoms. The molecule has 82 valence electrons. The number of carbonyl (C=O) groups excluding carboxylic acids is 1. The minimum absolute atomic E-state index is 0.0816. The number of anilines is 1. The van der Waals surface area contributed by atoms with E-state index in [9.17, 15) is 9.90 Å². The Hall–Kier alpha value is -1.66. The molecule has 0 bridgehead atoms. The molecule has 5 nitrogen and oxygen atoms in total. The number of phenolic OH excluding ortho intramolecular Hbond substituents is 1. The number of amides is 1. The van der Waals surface area contributed by atoms with Gasteiger partial charge in [-0.3, -0.25) is 4.79 Å². The molecule has 1 aromatic heterocycles. The molecule has 0 unspecified atom stereocenters. The third-order valence-corrected chi connectivity index (χ3v) is 2.77. The lowest BCUT2D eigenvalue weighted by Gasteiger charge is -2.04. The smallest absolute Gasteiger partial charge is 0.269 e. The molecule has 1 amide bonds. The normalized spacial score (nSPS) is 10.1. The Labute approximate surface area is 99.9 Å². The molecule has 0 spiro atoms. The summed E-state index contributed by atoms with van der Waals surface area (Å²) in [6, 6.07) is 4.46. The molecule has 0 aliphatic carbocycles. The summed E-state index contributed by atoms with van der Waals surface area (Å²) in [4.78, 5) is 12.0. The van der Waals surface area contributed by atoms with Crippen molar-refractivity contribution in [3.8, 4) is 5.75 Å². The minimum Gasteiger partial charge on any atom is -0.506 e. The Balaban J connectivity index is 2.15. The van der Waals surface area contributed by atoms with Crippen molar-refractivity contribution in [2.75, 3.05) is 5.32 Å². The van der Waals surface area contributed by atoms with E-state index in [2.05, 4.69) is 14.9 Å². The molecule has 2 aromatic rings. The lowest BCUT2D eigenvalue weighted by atomic mass is 10.3. The monoisotopic (exact) mass is 255 g/mol. The first-order valence-corrected chi connectivity index (χ1v) is 5.39. The van der Waals surface area contributed by atoms with Crippen molar-refractivity contribution in [3.05, 3.63) is 34.3 Å². The molecule has 0 aliphatic heterocycles. The van der Waals surface area contributed by atoms with Crippen molar-refractivity contribution in [1.82, 2.24) is 9.59 Å². The van der Waals surface area contributed by atoms with Gasteiger partial charge in [0.1, 0.15) is 10.6 Å². The summed E-state index contributed by atoms with van der Waals surface area (Å²) in [6.45, 7) is 0. The lowest BCUT2D eigenvalue weighted by molar-refractivity contribution is 0.103. The molecule has 1 aromatic carbocycles. The van der Waals surface area contributed by atoms with E-state index in [-0.39, 0.29) is 16.7 Å². The van der Waals surface area contributed by atoms with Crippen molar-refractivity contribution < 1.29 is 9.90 Å². The molecule has 0 saturated heterocycles. The van der Waals surface area contributed by atoms with Gasteiger partial charge in [-0.25, -0.2) is 0 Å². The van der Waals surface area contributed by atoms with Crippen LogP contribution < -0.4 is 5.32 Å². The molecule has 0 aliphatic rings. The van der Waals surface area contributed by atoms with Crippen LogP contribution in [0.15, 0.2) is 24.4 Å². The third kappa shape index (κ3) is 2.29. The summed E-state index contributed by atoms with van der Waals surface area (Å²) in [6.07, 6.45) is 1.37. The van der Waals surface area contributed by atoms with Gasteiger partial charge >= 0.3 is 0 Å². The second-order valence-corrected chi connectivity index (χ2v) is 4.09. The second kappa shape index (κ2) is 4.46. The van der Waals surface area contributed by atoms with Crippen LogP contribution in [0.5, 0.6) is 5.75 Å². The highest BCUT2D eigenvalue weighted by molar-refractivity contribution is 7.07. The van der Waals surface area contributed by atoms with E-state index in [1.165, 1.54) is 18.3 Å². The highest BCUT2D eigenvalue weighted by Crippen LogP contribution is 2.26. The van der Waals surface area contributed by atoms with Crippen LogP contribution in [0.4, 0.5) is 5.69 Å². The Bertz CT molecular complexity index is 515. The zero-order valence-electron chi connectivity index (χ0n) is 7.85. The average Bonchev–Trinajstić information content (AvgIpc) is 2.77. The first-order chi connectivity index (χ1) is 7.66. The summed E-state index contributed by atoms with van der Waals surface area (Å²) in [5, 5.41) is 15.7. The molecule has 0 atom stereocenters. The van der Waals surface area contributed by atoms with Gasteiger partial charge in [-0.15, -0.1) is 5.10 Å². The number of nitrogens with zero attached hydrogens (tertiary/aromatic N) is 2. The van der Waals surface area contributed by atoms with Gasteiger partial charge in [0.25, 0.3) is 5.91 Å². The van der Waals surface area contributed by atoms with E-state index >= 15 is 0 Å². The number of rotatable bonds is 2. The van der Waals surface area contributed by atoms with Gasteiger partial charge < -0.3 is 10.4 Å². The quantitative estimate of drug-likeness (QED) is 0.862. The predicted octanol–water partition coefficient (Wildman–Crippen LogP) is 2.15. The Morgan fingerprint density at radius 1 is 1.50 bits per heavy atom. The first-order valence-electron chi connectivity index (χ1n) is 4.24. The lowest BCUT2D eigenvalue weighted by Crippen LogP contribution is -2.09. The maximum atomic E-state index is 11.6. The standard InChI is InChI=1S/C9H6ClN3O2S/c10-6-2-1-5(3-7(6)14)12-9(15)8-4-11-13-16-8/h1-4,14H,(H,12,15). The topological polar surface area (TPSA) is 75.1 Å². The number of phenols is 1. The van der Waals surface area contributed by atoms with Crippen molar-refractivity contribution in [3.63, 3.8) is 0 Å². The Kier molecular flexibility index (Phi) is 3.02. The van der Waals surface area contributed by atoms with E-state index < -0.39 is 0 Å². The van der Waals surface area contributed by atoms with Gasteiger partial charge in [-0.1, -0.05) is 16.1 Å². The van der Waals surface area contributed by atoms with Crippen molar-refractivity contribution in [2.45, 2.75) is 0 Å². The van der Waals surface area contributed by atoms with E-state index in [1.54, 1.807) is 6.07 Å². The molecule has 16 heavy (non-hydrogen) atoms. The van der Waals surface area contributed by atoms with Gasteiger partial charge in [-0.05, 0) is 23.7 Å². The number of nitrogens with one attached hydrogen (secondary N) is 1. The number of aromatic nitrogens is 2. The molecule has 1 heterocycles. The summed E-state index contributed by atoms with van der Waals surface area (Å²) < 4.78 is 3.58. The zero-order valence-corrected chi connectivity index (χ0v) is 9.42. The van der Waals surface area contributed by atoms with Crippen LogP contribution in [0.2, 0.25) is 5.02 Å². The van der Waals surface area contributed by atoms with Crippen molar-refractivity contribution in [1.29, 1.82) is 0 Å². The molecule has 2 N–H and O–H groups in total. The number of benzene rings is 1. The van der Waals surface area contributed by atoms with Crippen LogP contribution in [-0.2, 0) is 0 Å². The van der Waals surface area contributed by atoms with Gasteiger partial charge in [0.15, 0.2) is 0 Å². The molecule has 0 saturated carbocycles. The molecular weight excluding hydrogens is 250 g/mol. The first kappa shape index (κ1) is 10.8. The fourth-order valence-corrected chi connectivity index (χ4v) is 1.58. The minimum atomic E-state index is -0.322. The number of carbonyl (C=O) groups is 1. The summed E-state index contributed by atoms with van der Waals surface area (Å²) in [5.74, 6) is -0.404. The Morgan fingerprint density at radius 3 is 2.94 bits per heavy atom. The fourth-order valence-electron chi connectivity index (χ4n) is 1.05. The largest absolute Gasteiger partial charge is 0.506 e. The number of hydrogen-bond acceptors (Lipinski definition) is 5. The van der Waals surface area contributed by atoms with Gasteiger partial charge in [-0.2, -0.15) is 0 Å². The third-order valence-electron chi connectivity index (χ3n) is 1.79. The number of aromatic hydroxyl groups is 1. The van der Waals surface area contributed by atoms with Crippen LogP contribution in [0.3, 0.4) is 0 Å². The van der Waals surface area contributed by atoms with Gasteiger partial charge in [0.05, 0.1) is 11.2 Å². The summed E-state index contributed by atoms with van der Waals surface area (Å²) in [5.41, 5.74) is 0.459. The van der Waals surface area contributed by atoms with Gasteiger partial charge in [0.2, 0.25) is 0 Å². The Morgan fingerprint density at radius 2 is 2.31 bits per heavy atom. The zero-order chi connectivity index (χ0) is 11.5. The van der Waals surface area contributed by atoms with Gasteiger partial charge in [0, 0.05) is 11.8 Å². The predicted molar refractivity (Wildman–Crippen MR) is 61.0 cm³/mol.